The number of aromatic nitrogens is 1. The number of rotatable bonds is 3. The third-order valence-corrected chi connectivity index (χ3v) is 1.99. The van der Waals surface area contributed by atoms with Crippen molar-refractivity contribution in [3.8, 4) is 5.75 Å². The summed E-state index contributed by atoms with van der Waals surface area (Å²) in [5.41, 5.74) is -0.143. The summed E-state index contributed by atoms with van der Waals surface area (Å²) in [5.74, 6) is 0.306. The van der Waals surface area contributed by atoms with Crippen molar-refractivity contribution < 1.29 is 9.47 Å². The summed E-state index contributed by atoms with van der Waals surface area (Å²) in [7, 11) is 1.50. The largest absolute Gasteiger partial charge is 0.461 e. The van der Waals surface area contributed by atoms with Gasteiger partial charge in [0.2, 0.25) is 5.43 Å². The van der Waals surface area contributed by atoms with Gasteiger partial charge in [-0.05, 0) is 22.6 Å². The van der Waals surface area contributed by atoms with Crippen molar-refractivity contribution in [1.29, 1.82) is 0 Å². The van der Waals surface area contributed by atoms with Crippen LogP contribution in [0.25, 0.3) is 0 Å². The molecule has 0 unspecified atom stereocenters. The van der Waals surface area contributed by atoms with Gasteiger partial charge in [-0.1, -0.05) is 0 Å². The van der Waals surface area contributed by atoms with Crippen molar-refractivity contribution in [2.75, 3.05) is 13.9 Å². The zero-order valence-corrected chi connectivity index (χ0v) is 8.62. The van der Waals surface area contributed by atoms with Gasteiger partial charge in [-0.2, -0.15) is 0 Å². The Morgan fingerprint density at radius 3 is 3.00 bits per heavy atom. The van der Waals surface area contributed by atoms with Crippen molar-refractivity contribution in [2.45, 2.75) is 0 Å². The number of hydrogen-bond donors (Lipinski definition) is 1. The minimum absolute atomic E-state index is 0.0864. The molecule has 0 aromatic carbocycles. The van der Waals surface area contributed by atoms with Crippen LogP contribution in [0.1, 0.15) is 0 Å². The Kier molecular flexibility index (Phi) is 3.54. The fourth-order valence-electron chi connectivity index (χ4n) is 0.692. The van der Waals surface area contributed by atoms with Gasteiger partial charge in [0.25, 0.3) is 0 Å². The second-order valence-electron chi connectivity index (χ2n) is 2.04. The smallest absolute Gasteiger partial charge is 0.224 e. The number of H-pyrrole nitrogens is 1. The Hall–Kier alpha value is -0.560. The molecule has 1 heterocycles. The van der Waals surface area contributed by atoms with E-state index in [1.54, 1.807) is 6.20 Å². The van der Waals surface area contributed by atoms with Crippen molar-refractivity contribution in [3.05, 3.63) is 26.2 Å². The summed E-state index contributed by atoms with van der Waals surface area (Å²) in [6.45, 7) is 0.0864. The van der Waals surface area contributed by atoms with Crippen LogP contribution in [-0.2, 0) is 4.74 Å². The van der Waals surface area contributed by atoms with E-state index in [0.717, 1.165) is 0 Å². The highest BCUT2D eigenvalue weighted by atomic mass is 127. The van der Waals surface area contributed by atoms with Crippen LogP contribution in [-0.4, -0.2) is 18.9 Å². The standard InChI is InChI=1S/C7H8INO3/c1-11-4-12-6-5(10)2-3-9-7(6)8/h2-3H,4H2,1H3,(H,9,10). The first-order valence-electron chi connectivity index (χ1n) is 3.24. The summed E-state index contributed by atoms with van der Waals surface area (Å²) < 4.78 is 10.4. The van der Waals surface area contributed by atoms with Gasteiger partial charge in [-0.3, -0.25) is 4.79 Å². The average Bonchev–Trinajstić information content (AvgIpc) is 2.04. The maximum absolute atomic E-state index is 11.1. The average molecular weight is 281 g/mol. The predicted octanol–water partition coefficient (Wildman–Crippen LogP) is 0.962. The normalized spacial score (nSPS) is 9.83. The second kappa shape index (κ2) is 4.46. The zero-order valence-electron chi connectivity index (χ0n) is 6.46. The number of pyridine rings is 1. The van der Waals surface area contributed by atoms with E-state index in [0.29, 0.717) is 9.45 Å². The summed E-state index contributed by atoms with van der Waals surface area (Å²) in [5, 5.41) is 0. The first kappa shape index (κ1) is 9.53. The molecule has 0 saturated carbocycles. The van der Waals surface area contributed by atoms with Gasteiger partial charge in [0.15, 0.2) is 12.5 Å². The van der Waals surface area contributed by atoms with Gasteiger partial charge < -0.3 is 14.5 Å². The maximum atomic E-state index is 11.1. The molecule has 0 aliphatic rings. The Balaban J connectivity index is 2.89. The molecular weight excluding hydrogens is 273 g/mol. The molecule has 0 radical (unpaired) electrons. The second-order valence-corrected chi connectivity index (χ2v) is 3.11. The van der Waals surface area contributed by atoms with E-state index < -0.39 is 0 Å². The summed E-state index contributed by atoms with van der Waals surface area (Å²) in [4.78, 5) is 14.0. The van der Waals surface area contributed by atoms with Gasteiger partial charge in [-0.25, -0.2) is 0 Å². The highest BCUT2D eigenvalue weighted by Crippen LogP contribution is 2.11. The molecule has 4 nitrogen and oxygen atoms in total. The Labute approximate surface area is 83.0 Å². The number of aromatic amines is 1. The topological polar surface area (TPSA) is 51.3 Å². The third-order valence-electron chi connectivity index (χ3n) is 1.19. The summed E-state index contributed by atoms with van der Waals surface area (Å²) >= 11 is 1.99. The third kappa shape index (κ3) is 2.21. The molecule has 0 amide bonds. The molecule has 1 rings (SSSR count). The van der Waals surface area contributed by atoms with Gasteiger partial charge in [0.1, 0.15) is 3.70 Å². The number of hydrogen-bond acceptors (Lipinski definition) is 3. The minimum Gasteiger partial charge on any atom is -0.461 e. The number of nitrogens with one attached hydrogen (secondary N) is 1. The molecule has 0 bridgehead atoms. The minimum atomic E-state index is -0.143. The van der Waals surface area contributed by atoms with Gasteiger partial charge >= 0.3 is 0 Å². The van der Waals surface area contributed by atoms with Crippen LogP contribution in [0.5, 0.6) is 5.75 Å². The van der Waals surface area contributed by atoms with Gasteiger partial charge in [0, 0.05) is 19.4 Å². The van der Waals surface area contributed by atoms with E-state index in [1.165, 1.54) is 13.2 Å². The Morgan fingerprint density at radius 1 is 1.67 bits per heavy atom. The number of halogens is 1. The first-order valence-corrected chi connectivity index (χ1v) is 4.32. The predicted molar refractivity (Wildman–Crippen MR) is 52.3 cm³/mol. The molecule has 0 atom stereocenters. The van der Waals surface area contributed by atoms with E-state index in [4.69, 9.17) is 4.74 Å². The van der Waals surface area contributed by atoms with Gasteiger partial charge in [-0.15, -0.1) is 0 Å². The number of methoxy groups -OCH3 is 1. The molecule has 1 N–H and O–H groups in total. The highest BCUT2D eigenvalue weighted by Gasteiger charge is 2.04. The quantitative estimate of drug-likeness (QED) is 0.510. The van der Waals surface area contributed by atoms with Gasteiger partial charge in [0.05, 0.1) is 0 Å². The summed E-state index contributed by atoms with van der Waals surface area (Å²) in [6, 6.07) is 1.41. The Morgan fingerprint density at radius 2 is 2.42 bits per heavy atom. The SMILES string of the molecule is COCOc1c(I)[nH]ccc1=O. The van der Waals surface area contributed by atoms with E-state index in [1.807, 2.05) is 22.6 Å². The molecule has 66 valence electrons. The lowest BCUT2D eigenvalue weighted by molar-refractivity contribution is 0.0494. The van der Waals surface area contributed by atoms with Crippen LogP contribution in [0.3, 0.4) is 0 Å². The van der Waals surface area contributed by atoms with Crippen LogP contribution >= 0.6 is 22.6 Å². The lowest BCUT2D eigenvalue weighted by Crippen LogP contribution is -2.11. The lowest BCUT2D eigenvalue weighted by atomic mass is 10.4. The van der Waals surface area contributed by atoms with Crippen molar-refractivity contribution >= 4 is 22.6 Å². The zero-order chi connectivity index (χ0) is 8.97. The van der Waals surface area contributed by atoms with Crippen molar-refractivity contribution in [3.63, 3.8) is 0 Å². The molecule has 1 aromatic heterocycles. The monoisotopic (exact) mass is 281 g/mol. The van der Waals surface area contributed by atoms with Crippen LogP contribution < -0.4 is 10.2 Å². The molecule has 5 heteroatoms. The Bertz CT molecular complexity index is 310. The maximum Gasteiger partial charge on any atom is 0.224 e. The van der Waals surface area contributed by atoms with Crippen molar-refractivity contribution in [1.82, 2.24) is 4.98 Å². The molecule has 0 aliphatic heterocycles. The van der Waals surface area contributed by atoms with Crippen LogP contribution in [0.4, 0.5) is 0 Å². The molecule has 1 aromatic rings. The number of ether oxygens (including phenoxy) is 2. The molecule has 0 spiro atoms. The lowest BCUT2D eigenvalue weighted by Gasteiger charge is -2.04. The van der Waals surface area contributed by atoms with E-state index >= 15 is 0 Å². The van der Waals surface area contributed by atoms with E-state index in [9.17, 15) is 4.79 Å². The fourth-order valence-corrected chi connectivity index (χ4v) is 1.29. The highest BCUT2D eigenvalue weighted by molar-refractivity contribution is 14.1. The molecular formula is C7H8INO3. The molecule has 0 saturated heterocycles. The van der Waals surface area contributed by atoms with Crippen LogP contribution in [0, 0.1) is 3.70 Å². The summed E-state index contributed by atoms with van der Waals surface area (Å²) in [6.07, 6.45) is 1.57. The van der Waals surface area contributed by atoms with Crippen LogP contribution in [0.2, 0.25) is 0 Å². The molecule has 0 fully saturated rings. The fraction of sp³-hybridized carbons (Fsp3) is 0.286. The first-order chi connectivity index (χ1) is 5.75. The van der Waals surface area contributed by atoms with E-state index in [-0.39, 0.29) is 12.2 Å². The molecule has 12 heavy (non-hydrogen) atoms. The van der Waals surface area contributed by atoms with Crippen molar-refractivity contribution in [2.24, 2.45) is 0 Å². The van der Waals surface area contributed by atoms with Crippen LogP contribution in [0.15, 0.2) is 17.1 Å². The van der Waals surface area contributed by atoms with E-state index in [2.05, 4.69) is 9.72 Å². The molecule has 0 aliphatic carbocycles.